The van der Waals surface area contributed by atoms with Crippen LogP contribution in [0.5, 0.6) is 5.75 Å². The number of aromatic nitrogens is 1. The van der Waals surface area contributed by atoms with Crippen molar-refractivity contribution in [3.8, 4) is 5.75 Å². The minimum Gasteiger partial charge on any atom is -0.497 e. The van der Waals surface area contributed by atoms with Gasteiger partial charge in [0.1, 0.15) is 11.8 Å². The molecular formula is C20H21N3O4S2. The summed E-state index contributed by atoms with van der Waals surface area (Å²) in [4.78, 5) is 17.9. The number of fused-ring (bicyclic) bond motifs is 1. The van der Waals surface area contributed by atoms with Crippen LogP contribution in [-0.4, -0.2) is 42.9 Å². The molecule has 4 rings (SSSR count). The van der Waals surface area contributed by atoms with Crippen LogP contribution in [0.2, 0.25) is 0 Å². The molecule has 1 saturated heterocycles. The van der Waals surface area contributed by atoms with E-state index in [2.05, 4.69) is 4.99 Å². The van der Waals surface area contributed by atoms with Gasteiger partial charge in [0.2, 0.25) is 10.0 Å². The molecule has 1 aromatic heterocycles. The number of sulfonamides is 1. The van der Waals surface area contributed by atoms with Crippen LogP contribution in [0.1, 0.15) is 12.8 Å². The Balaban J connectivity index is 1.66. The van der Waals surface area contributed by atoms with Gasteiger partial charge in [0.15, 0.2) is 4.80 Å². The average Bonchev–Trinajstić information content (AvgIpc) is 3.34. The number of nitrogens with zero attached hydrogens (tertiary/aromatic N) is 3. The number of hydrogen-bond donors (Lipinski definition) is 0. The van der Waals surface area contributed by atoms with E-state index in [1.165, 1.54) is 34.9 Å². The standard InChI is InChI=1S/C20H21N3O4S2/c1-22-16-6-3-4-8-18(16)28-20(22)21-19(24)17-7-5-13-23(17)29(25,26)15-11-9-14(27-2)10-12-15/h3-4,6,8-12,17H,5,7,13H2,1-2H3. The molecule has 0 spiro atoms. The van der Waals surface area contributed by atoms with Gasteiger partial charge in [-0.2, -0.15) is 9.30 Å². The highest BCUT2D eigenvalue weighted by Crippen LogP contribution is 2.28. The van der Waals surface area contributed by atoms with Gasteiger partial charge in [-0.1, -0.05) is 23.5 Å². The maximum absolute atomic E-state index is 13.1. The second kappa shape index (κ2) is 7.74. The summed E-state index contributed by atoms with van der Waals surface area (Å²) in [6.45, 7) is 0.304. The first kappa shape index (κ1) is 19.8. The van der Waals surface area contributed by atoms with E-state index in [1.807, 2.05) is 35.9 Å². The first-order valence-corrected chi connectivity index (χ1v) is 11.5. The summed E-state index contributed by atoms with van der Waals surface area (Å²) in [5.41, 5.74) is 0.984. The van der Waals surface area contributed by atoms with Gasteiger partial charge < -0.3 is 9.30 Å². The summed E-state index contributed by atoms with van der Waals surface area (Å²) >= 11 is 1.41. The minimum absolute atomic E-state index is 0.144. The fourth-order valence-electron chi connectivity index (χ4n) is 3.51. The Bertz CT molecular complexity index is 1230. The van der Waals surface area contributed by atoms with Crippen molar-refractivity contribution in [1.82, 2.24) is 8.87 Å². The summed E-state index contributed by atoms with van der Waals surface area (Å²) in [7, 11) is -0.417. The second-order valence-corrected chi connectivity index (χ2v) is 9.71. The van der Waals surface area contributed by atoms with Crippen molar-refractivity contribution in [2.45, 2.75) is 23.8 Å². The zero-order chi connectivity index (χ0) is 20.6. The summed E-state index contributed by atoms with van der Waals surface area (Å²) < 4.78 is 35.4. The van der Waals surface area contributed by atoms with Gasteiger partial charge in [-0.15, -0.1) is 0 Å². The van der Waals surface area contributed by atoms with Crippen LogP contribution < -0.4 is 9.54 Å². The summed E-state index contributed by atoms with van der Waals surface area (Å²) in [6.07, 6.45) is 1.09. The molecule has 0 bridgehead atoms. The summed E-state index contributed by atoms with van der Waals surface area (Å²) in [5, 5.41) is 0. The molecule has 0 radical (unpaired) electrons. The maximum Gasteiger partial charge on any atom is 0.266 e. The number of ether oxygens (including phenoxy) is 1. The molecule has 1 amide bonds. The van der Waals surface area contributed by atoms with Crippen molar-refractivity contribution in [3.05, 3.63) is 53.3 Å². The fourth-order valence-corrected chi connectivity index (χ4v) is 6.19. The number of benzene rings is 2. The molecule has 2 heterocycles. The van der Waals surface area contributed by atoms with Gasteiger partial charge in [-0.3, -0.25) is 4.79 Å². The number of aryl methyl sites for hydroxylation is 1. The Labute approximate surface area is 172 Å². The molecule has 3 aromatic rings. The lowest BCUT2D eigenvalue weighted by atomic mass is 10.2. The molecular weight excluding hydrogens is 410 g/mol. The molecule has 152 valence electrons. The smallest absolute Gasteiger partial charge is 0.266 e. The monoisotopic (exact) mass is 431 g/mol. The van der Waals surface area contributed by atoms with Gasteiger partial charge in [0, 0.05) is 13.6 Å². The van der Waals surface area contributed by atoms with Crippen LogP contribution in [0.25, 0.3) is 10.2 Å². The number of para-hydroxylation sites is 1. The van der Waals surface area contributed by atoms with Crippen molar-refractivity contribution >= 4 is 37.5 Å². The Hall–Kier alpha value is -2.49. The Kier molecular flexibility index (Phi) is 5.28. The van der Waals surface area contributed by atoms with Crippen LogP contribution in [0, 0.1) is 0 Å². The van der Waals surface area contributed by atoms with E-state index in [9.17, 15) is 13.2 Å². The van der Waals surface area contributed by atoms with Gasteiger partial charge in [0.05, 0.1) is 22.2 Å². The van der Waals surface area contributed by atoms with E-state index >= 15 is 0 Å². The third-order valence-electron chi connectivity index (χ3n) is 5.08. The quantitative estimate of drug-likeness (QED) is 0.636. The molecule has 1 atom stereocenters. The first-order valence-electron chi connectivity index (χ1n) is 9.21. The predicted octanol–water partition coefficient (Wildman–Crippen LogP) is 2.53. The van der Waals surface area contributed by atoms with Crippen LogP contribution in [0.4, 0.5) is 0 Å². The molecule has 9 heteroatoms. The highest BCUT2D eigenvalue weighted by molar-refractivity contribution is 7.89. The second-order valence-electron chi connectivity index (χ2n) is 6.81. The lowest BCUT2D eigenvalue weighted by Crippen LogP contribution is -2.40. The average molecular weight is 432 g/mol. The molecule has 0 aliphatic carbocycles. The molecule has 1 fully saturated rings. The number of rotatable bonds is 4. The minimum atomic E-state index is -3.79. The van der Waals surface area contributed by atoms with Crippen molar-refractivity contribution in [1.29, 1.82) is 0 Å². The zero-order valence-electron chi connectivity index (χ0n) is 16.1. The first-order chi connectivity index (χ1) is 13.9. The molecule has 1 aliphatic heterocycles. The Morgan fingerprint density at radius 1 is 1.17 bits per heavy atom. The molecule has 0 N–H and O–H groups in total. The number of amides is 1. The fraction of sp³-hybridized carbons (Fsp3) is 0.300. The number of thiazole rings is 1. The highest BCUT2D eigenvalue weighted by atomic mass is 32.2. The Morgan fingerprint density at radius 2 is 1.90 bits per heavy atom. The van der Waals surface area contributed by atoms with Crippen LogP contribution >= 0.6 is 11.3 Å². The number of methoxy groups -OCH3 is 1. The topological polar surface area (TPSA) is 81.0 Å². The van der Waals surface area contributed by atoms with Crippen molar-refractivity contribution in [2.75, 3.05) is 13.7 Å². The third-order valence-corrected chi connectivity index (χ3v) is 8.11. The van der Waals surface area contributed by atoms with Gasteiger partial charge >= 0.3 is 0 Å². The van der Waals surface area contributed by atoms with Crippen LogP contribution in [0.15, 0.2) is 58.4 Å². The van der Waals surface area contributed by atoms with E-state index in [0.29, 0.717) is 29.9 Å². The van der Waals surface area contributed by atoms with Crippen LogP contribution in [-0.2, 0) is 21.9 Å². The Morgan fingerprint density at radius 3 is 2.59 bits per heavy atom. The van der Waals surface area contributed by atoms with E-state index in [0.717, 1.165) is 10.2 Å². The van der Waals surface area contributed by atoms with Crippen molar-refractivity contribution < 1.29 is 17.9 Å². The predicted molar refractivity (Wildman–Crippen MR) is 111 cm³/mol. The molecule has 1 unspecified atom stereocenters. The normalized spacial score (nSPS) is 18.4. The van der Waals surface area contributed by atoms with Crippen molar-refractivity contribution in [2.24, 2.45) is 12.0 Å². The lowest BCUT2D eigenvalue weighted by molar-refractivity contribution is -0.121. The number of carbonyl (C=O) groups excluding carboxylic acids is 1. The number of hydrogen-bond acceptors (Lipinski definition) is 5. The molecule has 1 aliphatic rings. The third kappa shape index (κ3) is 3.61. The maximum atomic E-state index is 13.1. The summed E-state index contributed by atoms with van der Waals surface area (Å²) in [5.74, 6) is 0.145. The van der Waals surface area contributed by atoms with Crippen molar-refractivity contribution in [3.63, 3.8) is 0 Å². The largest absolute Gasteiger partial charge is 0.497 e. The van der Waals surface area contributed by atoms with Gasteiger partial charge in [-0.25, -0.2) is 8.42 Å². The highest BCUT2D eigenvalue weighted by Gasteiger charge is 2.39. The van der Waals surface area contributed by atoms with E-state index in [4.69, 9.17) is 4.74 Å². The van der Waals surface area contributed by atoms with E-state index in [-0.39, 0.29) is 4.90 Å². The zero-order valence-corrected chi connectivity index (χ0v) is 17.7. The molecule has 29 heavy (non-hydrogen) atoms. The number of carbonyl (C=O) groups is 1. The van der Waals surface area contributed by atoms with Gasteiger partial charge in [-0.05, 0) is 49.2 Å². The molecule has 0 saturated carbocycles. The van der Waals surface area contributed by atoms with E-state index < -0.39 is 22.0 Å². The molecule has 7 nitrogen and oxygen atoms in total. The SMILES string of the molecule is COc1ccc(S(=O)(=O)N2CCCC2C(=O)N=c2sc3ccccc3n2C)cc1. The summed E-state index contributed by atoms with van der Waals surface area (Å²) in [6, 6.07) is 13.2. The lowest BCUT2D eigenvalue weighted by Gasteiger charge is -2.21. The van der Waals surface area contributed by atoms with E-state index in [1.54, 1.807) is 12.1 Å². The van der Waals surface area contributed by atoms with Crippen LogP contribution in [0.3, 0.4) is 0 Å². The molecule has 2 aromatic carbocycles. The van der Waals surface area contributed by atoms with Gasteiger partial charge in [0.25, 0.3) is 5.91 Å².